The van der Waals surface area contributed by atoms with E-state index in [2.05, 4.69) is 23.8 Å². The molecule has 0 bridgehead atoms. The van der Waals surface area contributed by atoms with E-state index < -0.39 is 0 Å². The second kappa shape index (κ2) is 5.04. The number of hydrogen-bond donors (Lipinski definition) is 0. The number of hydrogen-bond acceptors (Lipinski definition) is 3. The quantitative estimate of drug-likeness (QED) is 0.754. The van der Waals surface area contributed by atoms with Gasteiger partial charge >= 0.3 is 0 Å². The average Bonchev–Trinajstić information content (AvgIpc) is 2.35. The second-order valence-electron chi connectivity index (χ2n) is 4.60. The van der Waals surface area contributed by atoms with Crippen LogP contribution in [0.25, 0.3) is 11.0 Å². The number of rotatable bonds is 4. The van der Waals surface area contributed by atoms with Crippen molar-refractivity contribution < 1.29 is 4.79 Å². The van der Waals surface area contributed by atoms with Crippen LogP contribution in [0.2, 0.25) is 0 Å². The Morgan fingerprint density at radius 2 is 1.94 bits per heavy atom. The Morgan fingerprint density at radius 3 is 2.65 bits per heavy atom. The summed E-state index contributed by atoms with van der Waals surface area (Å²) in [6.07, 6.45) is 3.02. The molecule has 88 valence electrons. The molecule has 2 aromatic rings. The van der Waals surface area contributed by atoms with Gasteiger partial charge in [0.25, 0.3) is 0 Å². The largest absolute Gasteiger partial charge is 0.292 e. The van der Waals surface area contributed by atoms with Crippen LogP contribution in [0.1, 0.15) is 37.2 Å². The van der Waals surface area contributed by atoms with E-state index in [1.165, 1.54) is 0 Å². The molecule has 0 saturated carbocycles. The van der Waals surface area contributed by atoms with Crippen molar-refractivity contribution in [1.82, 2.24) is 9.97 Å². The van der Waals surface area contributed by atoms with Gasteiger partial charge in [-0.15, -0.1) is 0 Å². The summed E-state index contributed by atoms with van der Waals surface area (Å²) in [5, 5.41) is 0. The lowest BCUT2D eigenvalue weighted by molar-refractivity contribution is 0.0970. The van der Waals surface area contributed by atoms with E-state index in [9.17, 15) is 4.79 Å². The van der Waals surface area contributed by atoms with Crippen LogP contribution in [0, 0.1) is 5.92 Å². The maximum atomic E-state index is 11.9. The van der Waals surface area contributed by atoms with Gasteiger partial charge in [-0.3, -0.25) is 9.78 Å². The summed E-state index contributed by atoms with van der Waals surface area (Å²) in [5.74, 6) is 0.615. The van der Waals surface area contributed by atoms with Gasteiger partial charge in [0.15, 0.2) is 5.78 Å². The van der Waals surface area contributed by atoms with E-state index in [0.717, 1.165) is 17.5 Å². The molecule has 0 spiro atoms. The van der Waals surface area contributed by atoms with Crippen molar-refractivity contribution in [3.63, 3.8) is 0 Å². The first-order chi connectivity index (χ1) is 8.16. The van der Waals surface area contributed by atoms with Gasteiger partial charge in [0.05, 0.1) is 17.2 Å². The number of benzene rings is 1. The number of fused-ring (bicyclic) bond motifs is 1. The van der Waals surface area contributed by atoms with Crippen LogP contribution in [0.3, 0.4) is 0 Å². The van der Waals surface area contributed by atoms with E-state index in [-0.39, 0.29) is 5.78 Å². The Hall–Kier alpha value is -1.77. The van der Waals surface area contributed by atoms with Gasteiger partial charge in [0.1, 0.15) is 5.69 Å². The molecule has 1 aromatic heterocycles. The Balaban J connectivity index is 2.21. The van der Waals surface area contributed by atoms with Gasteiger partial charge in [-0.25, -0.2) is 4.98 Å². The van der Waals surface area contributed by atoms with Crippen molar-refractivity contribution in [3.05, 3.63) is 36.2 Å². The molecule has 3 nitrogen and oxygen atoms in total. The average molecular weight is 228 g/mol. The van der Waals surface area contributed by atoms with Crippen LogP contribution < -0.4 is 0 Å². The highest BCUT2D eigenvalue weighted by atomic mass is 16.1. The molecule has 0 saturated heterocycles. The SMILES string of the molecule is CC(C)CCC(=O)c1cnc2ccccc2n1. The lowest BCUT2D eigenvalue weighted by Gasteiger charge is -2.04. The summed E-state index contributed by atoms with van der Waals surface area (Å²) in [6.45, 7) is 4.22. The zero-order chi connectivity index (χ0) is 12.3. The van der Waals surface area contributed by atoms with Crippen molar-refractivity contribution >= 4 is 16.8 Å². The molecule has 0 amide bonds. The first kappa shape index (κ1) is 11.7. The minimum absolute atomic E-state index is 0.0805. The van der Waals surface area contributed by atoms with Gasteiger partial charge in [0, 0.05) is 6.42 Å². The van der Waals surface area contributed by atoms with Crippen LogP contribution in [0.5, 0.6) is 0 Å². The highest BCUT2D eigenvalue weighted by Crippen LogP contribution is 2.12. The first-order valence-electron chi connectivity index (χ1n) is 5.92. The molecule has 1 aromatic carbocycles. The van der Waals surface area contributed by atoms with Crippen LogP contribution >= 0.6 is 0 Å². The highest BCUT2D eigenvalue weighted by molar-refractivity contribution is 5.95. The zero-order valence-corrected chi connectivity index (χ0v) is 10.2. The fourth-order valence-electron chi connectivity index (χ4n) is 1.64. The highest BCUT2D eigenvalue weighted by Gasteiger charge is 2.09. The first-order valence-corrected chi connectivity index (χ1v) is 5.92. The molecule has 0 radical (unpaired) electrons. The number of aromatic nitrogens is 2. The zero-order valence-electron chi connectivity index (χ0n) is 10.2. The molecular weight excluding hydrogens is 212 g/mol. The predicted molar refractivity (Wildman–Crippen MR) is 67.9 cm³/mol. The Labute approximate surface area is 101 Å². The van der Waals surface area contributed by atoms with Crippen molar-refractivity contribution in [2.45, 2.75) is 26.7 Å². The molecule has 0 unspecified atom stereocenters. The van der Waals surface area contributed by atoms with Crippen LogP contribution in [-0.2, 0) is 0 Å². The van der Waals surface area contributed by atoms with Gasteiger partial charge in [-0.1, -0.05) is 26.0 Å². The summed E-state index contributed by atoms with van der Waals surface area (Å²) in [4.78, 5) is 20.5. The fourth-order valence-corrected chi connectivity index (χ4v) is 1.64. The number of ketones is 1. The van der Waals surface area contributed by atoms with E-state index in [1.54, 1.807) is 6.20 Å². The van der Waals surface area contributed by atoms with E-state index in [0.29, 0.717) is 18.0 Å². The third-order valence-electron chi connectivity index (χ3n) is 2.68. The standard InChI is InChI=1S/C14H16N2O/c1-10(2)7-8-14(17)13-9-15-11-5-3-4-6-12(11)16-13/h3-6,9-10H,7-8H2,1-2H3. The van der Waals surface area contributed by atoms with Gasteiger partial charge in [-0.05, 0) is 24.5 Å². The molecule has 17 heavy (non-hydrogen) atoms. The molecule has 0 aliphatic rings. The Bertz CT molecular complexity index is 534. The Morgan fingerprint density at radius 1 is 1.24 bits per heavy atom. The molecule has 0 N–H and O–H groups in total. The monoisotopic (exact) mass is 228 g/mol. The van der Waals surface area contributed by atoms with Crippen molar-refractivity contribution in [1.29, 1.82) is 0 Å². The molecule has 0 fully saturated rings. The van der Waals surface area contributed by atoms with E-state index in [4.69, 9.17) is 0 Å². The minimum atomic E-state index is 0.0805. The molecule has 3 heteroatoms. The minimum Gasteiger partial charge on any atom is -0.292 e. The third-order valence-corrected chi connectivity index (χ3v) is 2.68. The van der Waals surface area contributed by atoms with Gasteiger partial charge < -0.3 is 0 Å². The summed E-state index contributed by atoms with van der Waals surface area (Å²) < 4.78 is 0. The van der Waals surface area contributed by atoms with Crippen molar-refractivity contribution in [3.8, 4) is 0 Å². The van der Waals surface area contributed by atoms with E-state index >= 15 is 0 Å². The Kier molecular flexibility index (Phi) is 3.47. The molecule has 0 aliphatic heterocycles. The second-order valence-corrected chi connectivity index (χ2v) is 4.60. The number of Topliss-reactive ketones (excluding diaryl/α,β-unsaturated/α-hetero) is 1. The molecule has 1 heterocycles. The van der Waals surface area contributed by atoms with Crippen molar-refractivity contribution in [2.75, 3.05) is 0 Å². The number of nitrogens with zero attached hydrogens (tertiary/aromatic N) is 2. The summed E-state index contributed by atoms with van der Waals surface area (Å²) in [5.41, 5.74) is 2.08. The number of carbonyl (C=O) groups is 1. The third kappa shape index (κ3) is 2.87. The molecule has 0 atom stereocenters. The van der Waals surface area contributed by atoms with Gasteiger partial charge in [-0.2, -0.15) is 0 Å². The van der Waals surface area contributed by atoms with Crippen LogP contribution in [0.4, 0.5) is 0 Å². The lowest BCUT2D eigenvalue weighted by atomic mass is 10.0. The lowest BCUT2D eigenvalue weighted by Crippen LogP contribution is -2.04. The van der Waals surface area contributed by atoms with Gasteiger partial charge in [0.2, 0.25) is 0 Å². The maximum absolute atomic E-state index is 11.9. The molecule has 0 aliphatic carbocycles. The summed E-state index contributed by atoms with van der Waals surface area (Å²) in [7, 11) is 0. The van der Waals surface area contributed by atoms with Crippen LogP contribution in [0.15, 0.2) is 30.5 Å². The maximum Gasteiger partial charge on any atom is 0.182 e. The smallest absolute Gasteiger partial charge is 0.182 e. The fraction of sp³-hybridized carbons (Fsp3) is 0.357. The number of para-hydroxylation sites is 2. The van der Waals surface area contributed by atoms with E-state index in [1.807, 2.05) is 24.3 Å². The normalized spacial score (nSPS) is 11.0. The molecular formula is C14H16N2O. The predicted octanol–water partition coefficient (Wildman–Crippen LogP) is 3.25. The van der Waals surface area contributed by atoms with Crippen molar-refractivity contribution in [2.24, 2.45) is 5.92 Å². The molecule has 2 rings (SSSR count). The summed E-state index contributed by atoms with van der Waals surface area (Å²) in [6, 6.07) is 7.59. The topological polar surface area (TPSA) is 42.9 Å². The van der Waals surface area contributed by atoms with Crippen LogP contribution in [-0.4, -0.2) is 15.8 Å². The number of carbonyl (C=O) groups excluding carboxylic acids is 1. The summed E-state index contributed by atoms with van der Waals surface area (Å²) >= 11 is 0.